The molecule has 0 radical (unpaired) electrons. The smallest absolute Gasteiger partial charge is 0.239 e. The second kappa shape index (κ2) is 7.09. The third kappa shape index (κ3) is 4.43. The van der Waals surface area contributed by atoms with Crippen LogP contribution >= 0.6 is 0 Å². The van der Waals surface area contributed by atoms with Gasteiger partial charge in [-0.25, -0.2) is 0 Å². The van der Waals surface area contributed by atoms with Crippen LogP contribution in [0.15, 0.2) is 12.1 Å². The number of anilines is 2. The molecule has 1 aromatic heterocycles. The number of hydrogen-bond donors (Lipinski definition) is 2. The Hall–Kier alpha value is -1.45. The second-order valence-corrected chi connectivity index (χ2v) is 4.82. The number of hydrogen-bond acceptors (Lipinski definition) is 4. The van der Waals surface area contributed by atoms with Gasteiger partial charge >= 0.3 is 0 Å². The first-order valence-corrected chi connectivity index (χ1v) is 6.73. The van der Waals surface area contributed by atoms with Crippen LogP contribution in [0.4, 0.5) is 11.5 Å². The highest BCUT2D eigenvalue weighted by atomic mass is 16.5. The average molecular weight is 251 g/mol. The van der Waals surface area contributed by atoms with E-state index in [9.17, 15) is 0 Å². The fourth-order valence-corrected chi connectivity index (χ4v) is 1.69. The zero-order chi connectivity index (χ0) is 13.5. The van der Waals surface area contributed by atoms with Gasteiger partial charge in [0.15, 0.2) is 0 Å². The quantitative estimate of drug-likeness (QED) is 0.780. The van der Waals surface area contributed by atoms with Crippen LogP contribution in [0.3, 0.4) is 0 Å². The first kappa shape index (κ1) is 14.6. The molecule has 0 aliphatic heterocycles. The van der Waals surface area contributed by atoms with Crippen molar-refractivity contribution >= 4 is 11.5 Å². The first-order chi connectivity index (χ1) is 8.56. The Labute approximate surface area is 110 Å². The van der Waals surface area contributed by atoms with E-state index in [0.29, 0.717) is 17.5 Å². The standard InChI is InChI=1S/C14H25N3O/c1-5-11(6-2)9-16-13-8-7-12(15)14(17-13)18-10(3)4/h7-8,10-11H,5-6,9,15H2,1-4H3,(H,16,17). The molecule has 0 unspecified atom stereocenters. The van der Waals surface area contributed by atoms with Crippen molar-refractivity contribution in [2.75, 3.05) is 17.6 Å². The number of nitrogens with two attached hydrogens (primary N) is 1. The SMILES string of the molecule is CCC(CC)CNc1ccc(N)c(OC(C)C)n1. The van der Waals surface area contributed by atoms with Crippen molar-refractivity contribution in [2.24, 2.45) is 5.92 Å². The maximum atomic E-state index is 5.83. The van der Waals surface area contributed by atoms with Crippen LogP contribution in [-0.2, 0) is 0 Å². The van der Waals surface area contributed by atoms with Crippen molar-refractivity contribution in [3.05, 3.63) is 12.1 Å². The van der Waals surface area contributed by atoms with Gasteiger partial charge in [-0.05, 0) is 31.9 Å². The number of ether oxygens (including phenoxy) is 1. The highest BCUT2D eigenvalue weighted by molar-refractivity contribution is 5.53. The molecule has 18 heavy (non-hydrogen) atoms. The molecule has 4 nitrogen and oxygen atoms in total. The van der Waals surface area contributed by atoms with E-state index < -0.39 is 0 Å². The fourth-order valence-electron chi connectivity index (χ4n) is 1.69. The summed E-state index contributed by atoms with van der Waals surface area (Å²) in [6, 6.07) is 3.73. The van der Waals surface area contributed by atoms with Crippen LogP contribution in [0.1, 0.15) is 40.5 Å². The zero-order valence-corrected chi connectivity index (χ0v) is 11.9. The molecule has 102 valence electrons. The molecular weight excluding hydrogens is 226 g/mol. The summed E-state index contributed by atoms with van der Waals surface area (Å²) >= 11 is 0. The number of nitrogen functional groups attached to an aromatic ring is 1. The van der Waals surface area contributed by atoms with Gasteiger partial charge < -0.3 is 15.8 Å². The molecule has 0 saturated heterocycles. The van der Waals surface area contributed by atoms with Gasteiger partial charge in [0.05, 0.1) is 11.8 Å². The lowest BCUT2D eigenvalue weighted by Crippen LogP contribution is -2.15. The van der Waals surface area contributed by atoms with E-state index in [1.165, 1.54) is 12.8 Å². The second-order valence-electron chi connectivity index (χ2n) is 4.82. The molecule has 0 atom stereocenters. The highest BCUT2D eigenvalue weighted by Gasteiger charge is 2.08. The topological polar surface area (TPSA) is 60.2 Å². The highest BCUT2D eigenvalue weighted by Crippen LogP contribution is 2.22. The molecule has 0 spiro atoms. The molecule has 4 heteroatoms. The van der Waals surface area contributed by atoms with Gasteiger partial charge in [-0.15, -0.1) is 0 Å². The largest absolute Gasteiger partial charge is 0.473 e. The molecule has 3 N–H and O–H groups in total. The van der Waals surface area contributed by atoms with Crippen LogP contribution in [0.25, 0.3) is 0 Å². The maximum Gasteiger partial charge on any atom is 0.239 e. The molecule has 0 fully saturated rings. The van der Waals surface area contributed by atoms with Gasteiger partial charge in [0.25, 0.3) is 0 Å². The van der Waals surface area contributed by atoms with Crippen molar-refractivity contribution < 1.29 is 4.74 Å². The number of pyridine rings is 1. The van der Waals surface area contributed by atoms with E-state index in [1.807, 2.05) is 26.0 Å². The summed E-state index contributed by atoms with van der Waals surface area (Å²) in [6.07, 6.45) is 2.43. The van der Waals surface area contributed by atoms with Gasteiger partial charge in [-0.3, -0.25) is 0 Å². The summed E-state index contributed by atoms with van der Waals surface area (Å²) in [5.41, 5.74) is 6.41. The van der Waals surface area contributed by atoms with Crippen LogP contribution < -0.4 is 15.8 Å². The molecule has 1 rings (SSSR count). The van der Waals surface area contributed by atoms with E-state index in [2.05, 4.69) is 24.1 Å². The van der Waals surface area contributed by atoms with Crippen LogP contribution in [0, 0.1) is 5.92 Å². The maximum absolute atomic E-state index is 5.83. The summed E-state index contributed by atoms with van der Waals surface area (Å²) in [4.78, 5) is 4.39. The third-order valence-electron chi connectivity index (χ3n) is 2.96. The van der Waals surface area contributed by atoms with Gasteiger partial charge in [0.1, 0.15) is 5.82 Å². The van der Waals surface area contributed by atoms with Crippen molar-refractivity contribution in [2.45, 2.75) is 46.6 Å². The molecular formula is C14H25N3O. The van der Waals surface area contributed by atoms with E-state index in [-0.39, 0.29) is 6.10 Å². The van der Waals surface area contributed by atoms with E-state index in [0.717, 1.165) is 12.4 Å². The Morgan fingerprint density at radius 2 is 1.94 bits per heavy atom. The van der Waals surface area contributed by atoms with Gasteiger partial charge in [0, 0.05) is 6.54 Å². The van der Waals surface area contributed by atoms with Crippen molar-refractivity contribution in [3.8, 4) is 5.88 Å². The number of aromatic nitrogens is 1. The normalized spacial score (nSPS) is 11.0. The summed E-state index contributed by atoms with van der Waals surface area (Å²) in [5, 5.41) is 3.34. The van der Waals surface area contributed by atoms with Gasteiger partial charge in [0.2, 0.25) is 5.88 Å². The monoisotopic (exact) mass is 251 g/mol. The van der Waals surface area contributed by atoms with Crippen LogP contribution in [-0.4, -0.2) is 17.6 Å². The average Bonchev–Trinajstić information content (AvgIpc) is 2.33. The third-order valence-corrected chi connectivity index (χ3v) is 2.96. The Morgan fingerprint density at radius 3 is 2.50 bits per heavy atom. The van der Waals surface area contributed by atoms with Crippen molar-refractivity contribution in [1.82, 2.24) is 4.98 Å². The Balaban J connectivity index is 2.66. The molecule has 0 aliphatic carbocycles. The lowest BCUT2D eigenvalue weighted by Gasteiger charge is -2.16. The predicted octanol–water partition coefficient (Wildman–Crippen LogP) is 3.30. The summed E-state index contributed by atoms with van der Waals surface area (Å²) in [5.74, 6) is 2.02. The number of nitrogens with one attached hydrogen (secondary N) is 1. The molecule has 0 aromatic carbocycles. The Morgan fingerprint density at radius 1 is 1.28 bits per heavy atom. The van der Waals surface area contributed by atoms with Gasteiger partial charge in [-0.1, -0.05) is 26.7 Å². The van der Waals surface area contributed by atoms with E-state index in [4.69, 9.17) is 10.5 Å². The van der Waals surface area contributed by atoms with Gasteiger partial charge in [-0.2, -0.15) is 4.98 Å². The van der Waals surface area contributed by atoms with E-state index in [1.54, 1.807) is 0 Å². The van der Waals surface area contributed by atoms with E-state index >= 15 is 0 Å². The summed E-state index contributed by atoms with van der Waals surface area (Å²) in [7, 11) is 0. The molecule has 1 aromatic rings. The fraction of sp³-hybridized carbons (Fsp3) is 0.643. The lowest BCUT2D eigenvalue weighted by atomic mass is 10.0. The predicted molar refractivity (Wildman–Crippen MR) is 77.0 cm³/mol. The minimum Gasteiger partial charge on any atom is -0.473 e. The molecule has 1 heterocycles. The molecule has 0 aliphatic rings. The van der Waals surface area contributed by atoms with Crippen LogP contribution in [0.2, 0.25) is 0 Å². The first-order valence-electron chi connectivity index (χ1n) is 6.73. The van der Waals surface area contributed by atoms with Crippen molar-refractivity contribution in [1.29, 1.82) is 0 Å². The van der Waals surface area contributed by atoms with Crippen LogP contribution in [0.5, 0.6) is 5.88 Å². The lowest BCUT2D eigenvalue weighted by molar-refractivity contribution is 0.234. The number of rotatable bonds is 7. The zero-order valence-electron chi connectivity index (χ0n) is 11.9. The Kier molecular flexibility index (Phi) is 5.75. The minimum absolute atomic E-state index is 0.0779. The summed E-state index contributed by atoms with van der Waals surface area (Å²) in [6.45, 7) is 9.28. The molecule has 0 amide bonds. The minimum atomic E-state index is 0.0779. The molecule has 0 saturated carbocycles. The van der Waals surface area contributed by atoms with Crippen molar-refractivity contribution in [3.63, 3.8) is 0 Å². The Bertz CT molecular complexity index is 362. The molecule has 0 bridgehead atoms. The summed E-state index contributed by atoms with van der Waals surface area (Å²) < 4.78 is 5.57. The number of nitrogens with zero attached hydrogens (tertiary/aromatic N) is 1.